The van der Waals surface area contributed by atoms with Gasteiger partial charge >= 0.3 is 6.03 Å². The molecule has 2 N–H and O–H groups in total. The summed E-state index contributed by atoms with van der Waals surface area (Å²) >= 11 is 5.75. The van der Waals surface area contributed by atoms with E-state index in [1.54, 1.807) is 24.3 Å². The SMILES string of the molecule is CC(C)[C@H](C)NC(=O)Nc1ccc(Cl)cc1. The topological polar surface area (TPSA) is 41.1 Å². The fourth-order valence-corrected chi connectivity index (χ4v) is 1.20. The third kappa shape index (κ3) is 4.11. The van der Waals surface area contributed by atoms with Crippen LogP contribution >= 0.6 is 11.6 Å². The zero-order chi connectivity index (χ0) is 12.1. The molecular weight excluding hydrogens is 224 g/mol. The van der Waals surface area contributed by atoms with Crippen LogP contribution < -0.4 is 10.6 Å². The van der Waals surface area contributed by atoms with E-state index in [4.69, 9.17) is 11.6 Å². The van der Waals surface area contributed by atoms with Crippen LogP contribution in [-0.2, 0) is 0 Å². The second-order valence-corrected chi connectivity index (χ2v) is 4.57. The molecule has 0 aliphatic heterocycles. The van der Waals surface area contributed by atoms with Gasteiger partial charge in [-0.25, -0.2) is 4.79 Å². The van der Waals surface area contributed by atoms with Crippen LogP contribution in [0.1, 0.15) is 20.8 Å². The van der Waals surface area contributed by atoms with Gasteiger partial charge in [0.1, 0.15) is 0 Å². The van der Waals surface area contributed by atoms with Crippen molar-refractivity contribution in [2.45, 2.75) is 26.8 Å². The third-order valence-corrected chi connectivity index (χ3v) is 2.71. The van der Waals surface area contributed by atoms with E-state index in [1.165, 1.54) is 0 Å². The number of hydrogen-bond donors (Lipinski definition) is 2. The number of carbonyl (C=O) groups is 1. The number of urea groups is 1. The highest BCUT2D eigenvalue weighted by Gasteiger charge is 2.10. The van der Waals surface area contributed by atoms with Gasteiger partial charge in [0.15, 0.2) is 0 Å². The van der Waals surface area contributed by atoms with Crippen LogP contribution in [0.3, 0.4) is 0 Å². The molecule has 0 bridgehead atoms. The lowest BCUT2D eigenvalue weighted by Gasteiger charge is -2.17. The molecule has 88 valence electrons. The van der Waals surface area contributed by atoms with Crippen molar-refractivity contribution in [3.8, 4) is 0 Å². The quantitative estimate of drug-likeness (QED) is 0.834. The van der Waals surface area contributed by atoms with E-state index < -0.39 is 0 Å². The van der Waals surface area contributed by atoms with E-state index in [1.807, 2.05) is 6.92 Å². The van der Waals surface area contributed by atoms with Gasteiger partial charge < -0.3 is 10.6 Å². The predicted octanol–water partition coefficient (Wildman–Crippen LogP) is 3.51. The van der Waals surface area contributed by atoms with Crippen molar-refractivity contribution in [3.05, 3.63) is 29.3 Å². The number of amides is 2. The number of benzene rings is 1. The second-order valence-electron chi connectivity index (χ2n) is 4.14. The Morgan fingerprint density at radius 3 is 2.25 bits per heavy atom. The highest BCUT2D eigenvalue weighted by Crippen LogP contribution is 2.13. The van der Waals surface area contributed by atoms with E-state index in [-0.39, 0.29) is 12.1 Å². The van der Waals surface area contributed by atoms with Gasteiger partial charge in [0, 0.05) is 16.8 Å². The van der Waals surface area contributed by atoms with E-state index in [9.17, 15) is 4.79 Å². The lowest BCUT2D eigenvalue weighted by Crippen LogP contribution is -2.38. The Kier molecular flexibility index (Phi) is 4.62. The molecule has 0 radical (unpaired) electrons. The molecule has 1 atom stereocenters. The molecule has 1 rings (SSSR count). The van der Waals surface area contributed by atoms with E-state index in [2.05, 4.69) is 24.5 Å². The number of nitrogens with one attached hydrogen (secondary N) is 2. The molecule has 0 heterocycles. The van der Waals surface area contributed by atoms with Gasteiger partial charge in [0.2, 0.25) is 0 Å². The third-order valence-electron chi connectivity index (χ3n) is 2.46. The summed E-state index contributed by atoms with van der Waals surface area (Å²) in [5.74, 6) is 0.413. The summed E-state index contributed by atoms with van der Waals surface area (Å²) in [6.07, 6.45) is 0. The summed E-state index contributed by atoms with van der Waals surface area (Å²) in [6, 6.07) is 6.96. The van der Waals surface area contributed by atoms with Crippen LogP contribution in [0.2, 0.25) is 5.02 Å². The number of hydrogen-bond acceptors (Lipinski definition) is 1. The molecule has 0 aromatic heterocycles. The molecule has 4 heteroatoms. The molecular formula is C12H17ClN2O. The molecule has 0 saturated heterocycles. The Labute approximate surface area is 101 Å². The van der Waals surface area contributed by atoms with Crippen molar-refractivity contribution in [3.63, 3.8) is 0 Å². The van der Waals surface area contributed by atoms with Crippen LogP contribution in [0, 0.1) is 5.92 Å². The molecule has 1 aromatic carbocycles. The molecule has 16 heavy (non-hydrogen) atoms. The van der Waals surface area contributed by atoms with Crippen molar-refractivity contribution in [2.75, 3.05) is 5.32 Å². The number of rotatable bonds is 3. The van der Waals surface area contributed by atoms with Gasteiger partial charge in [0.25, 0.3) is 0 Å². The first-order chi connectivity index (χ1) is 7.49. The van der Waals surface area contributed by atoms with Crippen LogP contribution in [-0.4, -0.2) is 12.1 Å². The van der Waals surface area contributed by atoms with Crippen LogP contribution in [0.25, 0.3) is 0 Å². The largest absolute Gasteiger partial charge is 0.335 e. The molecule has 0 spiro atoms. The summed E-state index contributed by atoms with van der Waals surface area (Å²) in [6.45, 7) is 6.10. The maximum absolute atomic E-state index is 11.6. The number of halogens is 1. The summed E-state index contributed by atoms with van der Waals surface area (Å²) < 4.78 is 0. The second kappa shape index (κ2) is 5.75. The smallest absolute Gasteiger partial charge is 0.319 e. The first-order valence-corrected chi connectivity index (χ1v) is 5.70. The first kappa shape index (κ1) is 12.8. The van der Waals surface area contributed by atoms with E-state index >= 15 is 0 Å². The minimum atomic E-state index is -0.191. The summed E-state index contributed by atoms with van der Waals surface area (Å²) in [5, 5.41) is 6.26. The van der Waals surface area contributed by atoms with Gasteiger partial charge in [0.05, 0.1) is 0 Å². The van der Waals surface area contributed by atoms with E-state index in [0.717, 1.165) is 5.69 Å². The fourth-order valence-electron chi connectivity index (χ4n) is 1.07. The fraction of sp³-hybridized carbons (Fsp3) is 0.417. The zero-order valence-electron chi connectivity index (χ0n) is 9.75. The average molecular weight is 241 g/mol. The molecule has 0 unspecified atom stereocenters. The minimum Gasteiger partial charge on any atom is -0.335 e. The normalized spacial score (nSPS) is 12.3. The van der Waals surface area contributed by atoms with E-state index in [0.29, 0.717) is 10.9 Å². The first-order valence-electron chi connectivity index (χ1n) is 5.32. The maximum atomic E-state index is 11.6. The Morgan fingerprint density at radius 2 is 1.75 bits per heavy atom. The monoisotopic (exact) mass is 240 g/mol. The van der Waals surface area contributed by atoms with Crippen molar-refractivity contribution < 1.29 is 4.79 Å². The van der Waals surface area contributed by atoms with Gasteiger partial charge in [-0.05, 0) is 37.1 Å². The van der Waals surface area contributed by atoms with Gasteiger partial charge in [-0.1, -0.05) is 25.4 Å². The lowest BCUT2D eigenvalue weighted by atomic mass is 10.1. The Bertz CT molecular complexity index is 349. The molecule has 3 nitrogen and oxygen atoms in total. The lowest BCUT2D eigenvalue weighted by molar-refractivity contribution is 0.246. The predicted molar refractivity (Wildman–Crippen MR) is 67.9 cm³/mol. The molecule has 2 amide bonds. The summed E-state index contributed by atoms with van der Waals surface area (Å²) in [4.78, 5) is 11.6. The summed E-state index contributed by atoms with van der Waals surface area (Å²) in [7, 11) is 0. The zero-order valence-corrected chi connectivity index (χ0v) is 10.5. The average Bonchev–Trinajstić information content (AvgIpc) is 2.21. The van der Waals surface area contributed by atoms with Gasteiger partial charge in [-0.2, -0.15) is 0 Å². The molecule has 0 fully saturated rings. The Morgan fingerprint density at radius 1 is 1.19 bits per heavy atom. The minimum absolute atomic E-state index is 0.146. The van der Waals surface area contributed by atoms with Crippen molar-refractivity contribution in [2.24, 2.45) is 5.92 Å². The van der Waals surface area contributed by atoms with Gasteiger partial charge in [-0.3, -0.25) is 0 Å². The highest BCUT2D eigenvalue weighted by atomic mass is 35.5. The molecule has 0 saturated carbocycles. The number of anilines is 1. The van der Waals surface area contributed by atoms with Gasteiger partial charge in [-0.15, -0.1) is 0 Å². The molecule has 1 aromatic rings. The van der Waals surface area contributed by atoms with Crippen molar-refractivity contribution >= 4 is 23.3 Å². The number of carbonyl (C=O) groups excluding carboxylic acids is 1. The molecule has 0 aliphatic rings. The van der Waals surface area contributed by atoms with Crippen LogP contribution in [0.5, 0.6) is 0 Å². The Balaban J connectivity index is 2.48. The van der Waals surface area contributed by atoms with Crippen molar-refractivity contribution in [1.29, 1.82) is 0 Å². The summed E-state index contributed by atoms with van der Waals surface area (Å²) in [5.41, 5.74) is 0.734. The van der Waals surface area contributed by atoms with Crippen LogP contribution in [0.15, 0.2) is 24.3 Å². The Hall–Kier alpha value is -1.22. The van der Waals surface area contributed by atoms with Crippen LogP contribution in [0.4, 0.5) is 10.5 Å². The molecule has 0 aliphatic carbocycles. The standard InChI is InChI=1S/C12H17ClN2O/c1-8(2)9(3)14-12(16)15-11-6-4-10(13)5-7-11/h4-9H,1-3H3,(H2,14,15,16)/t9-/m0/s1. The maximum Gasteiger partial charge on any atom is 0.319 e. The highest BCUT2D eigenvalue weighted by molar-refractivity contribution is 6.30. The van der Waals surface area contributed by atoms with Crippen molar-refractivity contribution in [1.82, 2.24) is 5.32 Å².